The predicted octanol–water partition coefficient (Wildman–Crippen LogP) is 5.25. The number of nitro groups is 1. The Morgan fingerprint density at radius 2 is 1.69 bits per heavy atom. The summed E-state index contributed by atoms with van der Waals surface area (Å²) < 4.78 is 11.1. The molecule has 2 atom stereocenters. The van der Waals surface area contributed by atoms with Crippen LogP contribution in [0.25, 0.3) is 5.57 Å². The third-order valence-electron chi connectivity index (χ3n) is 7.28. The Morgan fingerprint density at radius 1 is 0.974 bits per heavy atom. The van der Waals surface area contributed by atoms with Crippen molar-refractivity contribution in [1.29, 1.82) is 0 Å². The molecule has 3 aromatic rings. The SMILES string of the molecule is COC(=O)C1=C(c2ccc(OCc3ccccc3)cc2)CC2CCC1N2C(=O)NCc1ccc([N+](=O)[O-])cc1. The van der Waals surface area contributed by atoms with Crippen molar-refractivity contribution < 1.29 is 24.0 Å². The Morgan fingerprint density at radius 3 is 2.36 bits per heavy atom. The molecule has 1 N–H and O–H groups in total. The molecule has 39 heavy (non-hydrogen) atoms. The van der Waals surface area contributed by atoms with Gasteiger partial charge < -0.3 is 19.7 Å². The van der Waals surface area contributed by atoms with Gasteiger partial charge in [-0.15, -0.1) is 0 Å². The van der Waals surface area contributed by atoms with E-state index in [0.717, 1.165) is 34.4 Å². The summed E-state index contributed by atoms with van der Waals surface area (Å²) in [6.07, 6.45) is 1.98. The molecule has 0 saturated carbocycles. The summed E-state index contributed by atoms with van der Waals surface area (Å²) >= 11 is 0. The zero-order chi connectivity index (χ0) is 27.4. The van der Waals surface area contributed by atoms with E-state index in [1.165, 1.54) is 19.2 Å². The first-order chi connectivity index (χ1) is 18.9. The van der Waals surface area contributed by atoms with E-state index in [0.29, 0.717) is 25.0 Å². The van der Waals surface area contributed by atoms with E-state index in [1.807, 2.05) is 54.6 Å². The summed E-state index contributed by atoms with van der Waals surface area (Å²) in [6.45, 7) is 0.686. The number of benzene rings is 3. The molecule has 1 fully saturated rings. The minimum atomic E-state index is -0.461. The van der Waals surface area contributed by atoms with Gasteiger partial charge >= 0.3 is 12.0 Å². The molecule has 1 saturated heterocycles. The molecule has 200 valence electrons. The number of carbonyl (C=O) groups excluding carboxylic acids is 2. The highest BCUT2D eigenvalue weighted by molar-refractivity contribution is 6.01. The van der Waals surface area contributed by atoms with Crippen molar-refractivity contribution >= 4 is 23.3 Å². The van der Waals surface area contributed by atoms with Crippen molar-refractivity contribution in [3.63, 3.8) is 0 Å². The molecule has 0 spiro atoms. The fourth-order valence-electron chi connectivity index (χ4n) is 5.36. The maximum absolute atomic E-state index is 13.3. The van der Waals surface area contributed by atoms with Crippen LogP contribution in [0.15, 0.2) is 84.4 Å². The molecule has 9 heteroatoms. The highest BCUT2D eigenvalue weighted by atomic mass is 16.6. The number of fused-ring (bicyclic) bond motifs is 2. The molecule has 0 radical (unpaired) electrons. The molecular weight excluding hydrogens is 498 g/mol. The van der Waals surface area contributed by atoms with Gasteiger partial charge in [0.2, 0.25) is 0 Å². The number of ether oxygens (including phenoxy) is 2. The molecule has 0 aliphatic carbocycles. The van der Waals surface area contributed by atoms with Gasteiger partial charge in [0, 0.05) is 24.7 Å². The van der Waals surface area contributed by atoms with Crippen LogP contribution in [0.3, 0.4) is 0 Å². The number of hydrogen-bond donors (Lipinski definition) is 1. The van der Waals surface area contributed by atoms with Crippen LogP contribution in [0, 0.1) is 10.1 Å². The van der Waals surface area contributed by atoms with Gasteiger partial charge in [-0.2, -0.15) is 0 Å². The Hall–Kier alpha value is -4.66. The van der Waals surface area contributed by atoms with Crippen LogP contribution in [0.2, 0.25) is 0 Å². The maximum atomic E-state index is 13.3. The van der Waals surface area contributed by atoms with Gasteiger partial charge in [-0.3, -0.25) is 10.1 Å². The molecule has 2 aliphatic heterocycles. The van der Waals surface area contributed by atoms with Crippen LogP contribution in [-0.4, -0.2) is 41.0 Å². The van der Waals surface area contributed by atoms with Gasteiger partial charge in [0.25, 0.3) is 5.69 Å². The second kappa shape index (κ2) is 11.4. The van der Waals surface area contributed by atoms with Gasteiger partial charge in [-0.05, 0) is 53.7 Å². The van der Waals surface area contributed by atoms with Crippen LogP contribution in [0.1, 0.15) is 36.0 Å². The zero-order valence-corrected chi connectivity index (χ0v) is 21.5. The Kier molecular flexibility index (Phi) is 7.58. The molecule has 2 unspecified atom stereocenters. The molecule has 2 amide bonds. The van der Waals surface area contributed by atoms with Crippen molar-refractivity contribution in [3.8, 4) is 5.75 Å². The number of non-ortho nitro benzene ring substituents is 1. The molecule has 5 rings (SSSR count). The Bertz CT molecular complexity index is 1390. The van der Waals surface area contributed by atoms with E-state index in [1.54, 1.807) is 17.0 Å². The first kappa shape index (κ1) is 26.0. The summed E-state index contributed by atoms with van der Waals surface area (Å²) in [4.78, 5) is 38.4. The zero-order valence-electron chi connectivity index (χ0n) is 21.5. The van der Waals surface area contributed by atoms with E-state index in [-0.39, 0.29) is 24.3 Å². The number of rotatable bonds is 8. The van der Waals surface area contributed by atoms with E-state index < -0.39 is 16.9 Å². The second-order valence-electron chi connectivity index (χ2n) is 9.62. The number of carbonyl (C=O) groups is 2. The average molecular weight is 528 g/mol. The maximum Gasteiger partial charge on any atom is 0.336 e. The van der Waals surface area contributed by atoms with Crippen LogP contribution < -0.4 is 10.1 Å². The highest BCUT2D eigenvalue weighted by Crippen LogP contribution is 2.43. The first-order valence-electron chi connectivity index (χ1n) is 12.8. The van der Waals surface area contributed by atoms with Crippen LogP contribution in [0.5, 0.6) is 5.75 Å². The lowest BCUT2D eigenvalue weighted by Gasteiger charge is -2.37. The third kappa shape index (κ3) is 5.62. The van der Waals surface area contributed by atoms with Crippen molar-refractivity contribution in [2.24, 2.45) is 0 Å². The van der Waals surface area contributed by atoms with Crippen LogP contribution in [-0.2, 0) is 22.7 Å². The normalized spacial score (nSPS) is 18.0. The summed E-state index contributed by atoms with van der Waals surface area (Å²) in [5.74, 6) is 0.293. The average Bonchev–Trinajstić information content (AvgIpc) is 3.28. The molecular formula is C30H29N3O6. The number of amides is 2. The highest BCUT2D eigenvalue weighted by Gasteiger charge is 2.46. The van der Waals surface area contributed by atoms with E-state index >= 15 is 0 Å². The Labute approximate surface area is 226 Å². The smallest absolute Gasteiger partial charge is 0.336 e. The number of urea groups is 1. The molecule has 3 aromatic carbocycles. The largest absolute Gasteiger partial charge is 0.489 e. The van der Waals surface area contributed by atoms with Gasteiger partial charge in [-0.1, -0.05) is 54.6 Å². The standard InChI is InChI=1S/C30H29N3O6/c1-38-29(34)28-26(22-9-14-25(15-10-22)39-19-21-5-3-2-4-6-21)17-24-13-16-27(28)32(24)30(35)31-18-20-7-11-23(12-8-20)33(36)37/h2-12,14-15,24,27H,13,16-19H2,1H3,(H,31,35). The minimum Gasteiger partial charge on any atom is -0.489 e. The van der Waals surface area contributed by atoms with Gasteiger partial charge in [0.1, 0.15) is 12.4 Å². The number of methoxy groups -OCH3 is 1. The fourth-order valence-corrected chi connectivity index (χ4v) is 5.36. The third-order valence-corrected chi connectivity index (χ3v) is 7.28. The summed E-state index contributed by atoms with van der Waals surface area (Å²) in [6, 6.07) is 22.9. The van der Waals surface area contributed by atoms with Crippen molar-refractivity contribution in [2.45, 2.75) is 44.5 Å². The van der Waals surface area contributed by atoms with Crippen molar-refractivity contribution in [3.05, 3.63) is 111 Å². The summed E-state index contributed by atoms with van der Waals surface area (Å²) in [5.41, 5.74) is 4.13. The number of nitrogens with zero attached hydrogens (tertiary/aromatic N) is 2. The van der Waals surface area contributed by atoms with Crippen molar-refractivity contribution in [1.82, 2.24) is 10.2 Å². The molecule has 2 heterocycles. The number of nitrogens with one attached hydrogen (secondary N) is 1. The molecule has 0 aromatic heterocycles. The van der Waals surface area contributed by atoms with Crippen molar-refractivity contribution in [2.75, 3.05) is 7.11 Å². The van der Waals surface area contributed by atoms with E-state index in [4.69, 9.17) is 9.47 Å². The second-order valence-corrected chi connectivity index (χ2v) is 9.62. The van der Waals surface area contributed by atoms with Crippen LogP contribution >= 0.6 is 0 Å². The van der Waals surface area contributed by atoms with E-state index in [2.05, 4.69) is 5.32 Å². The lowest BCUT2D eigenvalue weighted by molar-refractivity contribution is -0.384. The molecule has 9 nitrogen and oxygen atoms in total. The number of nitro benzene ring substituents is 1. The van der Waals surface area contributed by atoms with Crippen LogP contribution in [0.4, 0.5) is 10.5 Å². The number of hydrogen-bond acceptors (Lipinski definition) is 6. The summed E-state index contributed by atoms with van der Waals surface area (Å²) in [5, 5.41) is 13.8. The topological polar surface area (TPSA) is 111 Å². The predicted molar refractivity (Wildman–Crippen MR) is 145 cm³/mol. The molecule has 2 bridgehead atoms. The van der Waals surface area contributed by atoms with Gasteiger partial charge in [0.05, 0.1) is 23.6 Å². The number of esters is 1. The molecule has 2 aliphatic rings. The first-order valence-corrected chi connectivity index (χ1v) is 12.8. The monoisotopic (exact) mass is 527 g/mol. The van der Waals surface area contributed by atoms with E-state index in [9.17, 15) is 19.7 Å². The lowest BCUT2D eigenvalue weighted by atomic mass is 9.88. The fraction of sp³-hybridized carbons (Fsp3) is 0.267. The lowest BCUT2D eigenvalue weighted by Crippen LogP contribution is -2.50. The van der Waals surface area contributed by atoms with Gasteiger partial charge in [-0.25, -0.2) is 9.59 Å². The Balaban J connectivity index is 1.31. The minimum absolute atomic E-state index is 0.00433. The quantitative estimate of drug-likeness (QED) is 0.243. The summed E-state index contributed by atoms with van der Waals surface area (Å²) in [7, 11) is 1.35. The van der Waals surface area contributed by atoms with Gasteiger partial charge in [0.15, 0.2) is 0 Å².